The van der Waals surface area contributed by atoms with E-state index in [0.29, 0.717) is 5.92 Å². The van der Waals surface area contributed by atoms with Crippen LogP contribution in [0.2, 0.25) is 0 Å². The largest absolute Gasteiger partial charge is 0.322 e. The Kier molecular flexibility index (Phi) is 7.65. The molecule has 0 bridgehead atoms. The number of para-hydroxylation sites is 1. The van der Waals surface area contributed by atoms with Crippen LogP contribution in [0.25, 0.3) is 5.69 Å². The molecule has 1 aliphatic rings. The first-order valence-electron chi connectivity index (χ1n) is 13.1. The molecule has 6 heteroatoms. The van der Waals surface area contributed by atoms with Gasteiger partial charge in [0.2, 0.25) is 0 Å². The molecule has 0 aliphatic heterocycles. The number of carbonyl (C=O) groups excluding carboxylic acids is 1. The van der Waals surface area contributed by atoms with Gasteiger partial charge in [0.15, 0.2) is 0 Å². The Balaban J connectivity index is 1.52. The highest BCUT2D eigenvalue weighted by Gasteiger charge is 2.33. The van der Waals surface area contributed by atoms with Crippen molar-refractivity contribution in [2.75, 3.05) is 5.32 Å². The van der Waals surface area contributed by atoms with Crippen molar-refractivity contribution in [3.8, 4) is 5.69 Å². The van der Waals surface area contributed by atoms with Gasteiger partial charge in [-0.3, -0.25) is 4.79 Å². The van der Waals surface area contributed by atoms with Crippen molar-refractivity contribution < 1.29 is 4.79 Å². The summed E-state index contributed by atoms with van der Waals surface area (Å²) in [6, 6.07) is 20.4. The SMILES string of the molecule is Cc1cc(C=Nc2sc3c(c2C(=O)Nc2ccccc2)CC[C@H](C(C)(C)C)C3)c(C)n1-c1ccc(I)cc1. The Bertz CT molecular complexity index is 1490. The molecule has 0 spiro atoms. The average Bonchev–Trinajstić information content (AvgIpc) is 3.39. The predicted octanol–water partition coefficient (Wildman–Crippen LogP) is 8.91. The van der Waals surface area contributed by atoms with Crippen LogP contribution < -0.4 is 5.32 Å². The van der Waals surface area contributed by atoms with Crippen LogP contribution in [0.15, 0.2) is 65.7 Å². The summed E-state index contributed by atoms with van der Waals surface area (Å²) in [5.74, 6) is 0.530. The molecule has 2 aromatic carbocycles. The van der Waals surface area contributed by atoms with Crippen LogP contribution in [0.5, 0.6) is 0 Å². The second-order valence-corrected chi connectivity index (χ2v) is 13.5. The zero-order valence-corrected chi connectivity index (χ0v) is 25.6. The Morgan fingerprint density at radius 2 is 1.82 bits per heavy atom. The summed E-state index contributed by atoms with van der Waals surface area (Å²) in [4.78, 5) is 19.9. The zero-order chi connectivity index (χ0) is 27.0. The lowest BCUT2D eigenvalue weighted by Crippen LogP contribution is -2.27. The number of hydrogen-bond acceptors (Lipinski definition) is 3. The number of carbonyl (C=O) groups is 1. The molecule has 4 nitrogen and oxygen atoms in total. The first kappa shape index (κ1) is 26.9. The average molecular weight is 636 g/mol. The van der Waals surface area contributed by atoms with Gasteiger partial charge in [-0.15, -0.1) is 11.3 Å². The van der Waals surface area contributed by atoms with Gasteiger partial charge in [0.05, 0.1) is 5.56 Å². The number of aromatic nitrogens is 1. The normalized spacial score (nSPS) is 15.6. The lowest BCUT2D eigenvalue weighted by atomic mass is 9.72. The molecule has 0 unspecified atom stereocenters. The molecule has 1 atom stereocenters. The zero-order valence-electron chi connectivity index (χ0n) is 22.6. The van der Waals surface area contributed by atoms with Crippen LogP contribution in [0, 0.1) is 28.8 Å². The van der Waals surface area contributed by atoms with Gasteiger partial charge in [-0.1, -0.05) is 39.0 Å². The van der Waals surface area contributed by atoms with E-state index in [2.05, 4.69) is 97.4 Å². The molecular weight excluding hydrogens is 601 g/mol. The maximum Gasteiger partial charge on any atom is 0.259 e. The van der Waals surface area contributed by atoms with Crippen LogP contribution in [0.4, 0.5) is 10.7 Å². The number of anilines is 1. The third-order valence-electron chi connectivity index (χ3n) is 7.61. The number of nitrogens with one attached hydrogen (secondary N) is 1. The Morgan fingerprint density at radius 1 is 1.11 bits per heavy atom. The molecule has 196 valence electrons. The first-order valence-corrected chi connectivity index (χ1v) is 15.0. The number of rotatable bonds is 5. The minimum absolute atomic E-state index is 0.0700. The minimum Gasteiger partial charge on any atom is -0.322 e. The first-order chi connectivity index (χ1) is 18.1. The summed E-state index contributed by atoms with van der Waals surface area (Å²) in [6.07, 6.45) is 4.95. The highest BCUT2D eigenvalue weighted by molar-refractivity contribution is 14.1. The second kappa shape index (κ2) is 10.8. The van der Waals surface area contributed by atoms with E-state index < -0.39 is 0 Å². The van der Waals surface area contributed by atoms with Crippen molar-refractivity contribution in [1.82, 2.24) is 4.57 Å². The number of fused-ring (bicyclic) bond motifs is 1. The Hall–Kier alpha value is -2.71. The molecule has 0 saturated heterocycles. The van der Waals surface area contributed by atoms with Crippen LogP contribution in [0.1, 0.15) is 64.9 Å². The van der Waals surface area contributed by atoms with E-state index in [1.54, 1.807) is 11.3 Å². The van der Waals surface area contributed by atoms with Gasteiger partial charge in [0, 0.05) is 43.0 Å². The maximum atomic E-state index is 13.6. The van der Waals surface area contributed by atoms with E-state index in [-0.39, 0.29) is 11.3 Å². The lowest BCUT2D eigenvalue weighted by molar-refractivity contribution is 0.102. The molecule has 1 aliphatic carbocycles. The number of benzene rings is 2. The number of hydrogen-bond donors (Lipinski definition) is 1. The molecule has 4 aromatic rings. The van der Waals surface area contributed by atoms with E-state index >= 15 is 0 Å². The monoisotopic (exact) mass is 635 g/mol. The van der Waals surface area contributed by atoms with Crippen LogP contribution in [-0.4, -0.2) is 16.7 Å². The Labute approximate surface area is 243 Å². The number of nitrogens with zero attached hydrogens (tertiary/aromatic N) is 2. The molecule has 0 saturated carbocycles. The third kappa shape index (κ3) is 5.52. The predicted molar refractivity (Wildman–Crippen MR) is 169 cm³/mol. The van der Waals surface area contributed by atoms with Gasteiger partial charge >= 0.3 is 0 Å². The fraction of sp³-hybridized carbons (Fsp3) is 0.312. The molecule has 2 aromatic heterocycles. The molecule has 5 rings (SSSR count). The molecule has 1 amide bonds. The van der Waals surface area contributed by atoms with Gasteiger partial charge in [-0.05, 0) is 115 Å². The van der Waals surface area contributed by atoms with Crippen molar-refractivity contribution in [3.05, 3.63) is 97.2 Å². The van der Waals surface area contributed by atoms with E-state index in [0.717, 1.165) is 58.2 Å². The number of thiophene rings is 1. The fourth-order valence-electron chi connectivity index (χ4n) is 5.38. The van der Waals surface area contributed by atoms with Gasteiger partial charge < -0.3 is 9.88 Å². The summed E-state index contributed by atoms with van der Waals surface area (Å²) in [5, 5.41) is 3.92. The van der Waals surface area contributed by atoms with Gasteiger partial charge in [0.25, 0.3) is 5.91 Å². The topological polar surface area (TPSA) is 46.4 Å². The van der Waals surface area contributed by atoms with E-state index in [1.807, 2.05) is 36.5 Å². The third-order valence-corrected chi connectivity index (χ3v) is 9.49. The van der Waals surface area contributed by atoms with Crippen molar-refractivity contribution >= 4 is 56.7 Å². The summed E-state index contributed by atoms with van der Waals surface area (Å²) in [7, 11) is 0. The highest BCUT2D eigenvalue weighted by atomic mass is 127. The van der Waals surface area contributed by atoms with Gasteiger partial charge in [-0.25, -0.2) is 4.99 Å². The highest BCUT2D eigenvalue weighted by Crippen LogP contribution is 2.45. The molecule has 1 N–H and O–H groups in total. The van der Waals surface area contributed by atoms with Crippen LogP contribution in [-0.2, 0) is 12.8 Å². The summed E-state index contributed by atoms with van der Waals surface area (Å²) >= 11 is 4.02. The van der Waals surface area contributed by atoms with Crippen molar-refractivity contribution in [3.63, 3.8) is 0 Å². The van der Waals surface area contributed by atoms with Crippen molar-refractivity contribution in [2.45, 2.75) is 53.9 Å². The molecule has 0 radical (unpaired) electrons. The quantitative estimate of drug-likeness (QED) is 0.173. The van der Waals surface area contributed by atoms with Crippen molar-refractivity contribution in [2.24, 2.45) is 16.3 Å². The van der Waals surface area contributed by atoms with E-state index in [4.69, 9.17) is 4.99 Å². The van der Waals surface area contributed by atoms with Crippen LogP contribution in [0.3, 0.4) is 0 Å². The van der Waals surface area contributed by atoms with Gasteiger partial charge in [0.1, 0.15) is 5.00 Å². The summed E-state index contributed by atoms with van der Waals surface area (Å²) < 4.78 is 3.47. The molecule has 0 fully saturated rings. The lowest BCUT2D eigenvalue weighted by Gasteiger charge is -2.33. The van der Waals surface area contributed by atoms with Crippen molar-refractivity contribution in [1.29, 1.82) is 0 Å². The fourth-order valence-corrected chi connectivity index (χ4v) is 7.01. The maximum absolute atomic E-state index is 13.6. The number of aryl methyl sites for hydroxylation is 1. The standard InChI is InChI=1S/C32H34IN3OS/c1-20-17-22(21(2)36(20)26-14-12-24(33)13-15-26)19-34-31-29(30(37)35-25-9-7-6-8-10-25)27-16-11-23(32(3,4)5)18-28(27)38-31/h6-10,12-15,17,19,23H,11,16,18H2,1-5H3,(H,35,37)/t23-/m0/s1. The number of halogens is 1. The molecular formula is C32H34IN3OS. The molecule has 38 heavy (non-hydrogen) atoms. The van der Waals surface area contributed by atoms with E-state index in [1.165, 1.54) is 14.0 Å². The summed E-state index contributed by atoms with van der Waals surface area (Å²) in [6.45, 7) is 11.2. The summed E-state index contributed by atoms with van der Waals surface area (Å²) in [5.41, 5.74) is 7.46. The van der Waals surface area contributed by atoms with E-state index in [9.17, 15) is 4.79 Å². The second-order valence-electron chi connectivity index (χ2n) is 11.2. The van der Waals surface area contributed by atoms with Crippen LogP contribution >= 0.6 is 33.9 Å². The number of amides is 1. The smallest absolute Gasteiger partial charge is 0.259 e. The molecule has 2 heterocycles. The Morgan fingerprint density at radius 3 is 2.50 bits per heavy atom. The minimum atomic E-state index is -0.0700. The number of aliphatic imine (C=N–C) groups is 1. The van der Waals surface area contributed by atoms with Gasteiger partial charge in [-0.2, -0.15) is 0 Å².